The fourth-order valence-electron chi connectivity index (χ4n) is 2.77. The van der Waals surface area contributed by atoms with E-state index < -0.39 is 4.92 Å². The van der Waals surface area contributed by atoms with Gasteiger partial charge < -0.3 is 11.1 Å². The van der Waals surface area contributed by atoms with Gasteiger partial charge in [0.15, 0.2) is 0 Å². The van der Waals surface area contributed by atoms with Crippen molar-refractivity contribution in [1.29, 1.82) is 0 Å². The number of nitro groups is 1. The van der Waals surface area contributed by atoms with E-state index in [1.54, 1.807) is 18.2 Å². The minimum Gasteiger partial charge on any atom is -0.328 e. The summed E-state index contributed by atoms with van der Waals surface area (Å²) < 4.78 is 0. The third-order valence-electron chi connectivity index (χ3n) is 4.12. The van der Waals surface area contributed by atoms with Crippen molar-refractivity contribution in [3.63, 3.8) is 0 Å². The first kappa shape index (κ1) is 16.4. The highest BCUT2D eigenvalue weighted by Gasteiger charge is 2.23. The molecule has 0 saturated carbocycles. The van der Waals surface area contributed by atoms with Crippen LogP contribution in [-0.2, 0) is 4.79 Å². The van der Waals surface area contributed by atoms with Gasteiger partial charge in [0.25, 0.3) is 5.69 Å². The van der Waals surface area contributed by atoms with Crippen molar-refractivity contribution >= 4 is 17.3 Å². The summed E-state index contributed by atoms with van der Waals surface area (Å²) in [5.74, 6) is 0.281. The molecule has 2 rings (SSSR count). The fraction of sp³-hybridized carbons (Fsp3) is 0.533. The van der Waals surface area contributed by atoms with Crippen LogP contribution in [0.1, 0.15) is 19.8 Å². The Morgan fingerprint density at radius 2 is 2.09 bits per heavy atom. The molecule has 22 heavy (non-hydrogen) atoms. The molecule has 1 aromatic rings. The average Bonchev–Trinajstić information content (AvgIpc) is 2.48. The molecular formula is C15H22N4O3. The standard InChI is InChI=1S/C15H22N4O3/c1-11(16)12-6-8-18(9-7-12)10-15(20)17-13-4-2-3-5-14(13)19(21)22/h2-5,11-12H,6-10,16H2,1H3,(H,17,20). The van der Waals surface area contributed by atoms with Crippen molar-refractivity contribution < 1.29 is 9.72 Å². The molecule has 1 unspecified atom stereocenters. The summed E-state index contributed by atoms with van der Waals surface area (Å²) in [6, 6.07) is 6.34. The van der Waals surface area contributed by atoms with Crippen LogP contribution in [0.2, 0.25) is 0 Å². The van der Waals surface area contributed by atoms with Crippen LogP contribution < -0.4 is 11.1 Å². The van der Waals surface area contributed by atoms with Crippen molar-refractivity contribution in [2.24, 2.45) is 11.7 Å². The fourth-order valence-corrected chi connectivity index (χ4v) is 2.77. The summed E-state index contributed by atoms with van der Waals surface area (Å²) in [4.78, 5) is 24.6. The number of amides is 1. The Balaban J connectivity index is 1.88. The van der Waals surface area contributed by atoms with Gasteiger partial charge in [-0.1, -0.05) is 12.1 Å². The summed E-state index contributed by atoms with van der Waals surface area (Å²) in [6.45, 7) is 3.92. The Hall–Kier alpha value is -1.99. The van der Waals surface area contributed by atoms with E-state index in [-0.39, 0.29) is 29.9 Å². The minimum absolute atomic E-state index is 0.0912. The Kier molecular flexibility index (Phi) is 5.46. The molecule has 1 saturated heterocycles. The van der Waals surface area contributed by atoms with Crippen molar-refractivity contribution in [3.05, 3.63) is 34.4 Å². The van der Waals surface area contributed by atoms with E-state index >= 15 is 0 Å². The van der Waals surface area contributed by atoms with E-state index in [2.05, 4.69) is 10.2 Å². The second kappa shape index (κ2) is 7.33. The number of anilines is 1. The number of piperidine rings is 1. The second-order valence-electron chi connectivity index (χ2n) is 5.80. The van der Waals surface area contributed by atoms with Gasteiger partial charge in [-0.15, -0.1) is 0 Å². The predicted octanol–water partition coefficient (Wildman–Crippen LogP) is 1.59. The van der Waals surface area contributed by atoms with Crippen LogP contribution in [0, 0.1) is 16.0 Å². The first-order valence-corrected chi connectivity index (χ1v) is 7.48. The van der Waals surface area contributed by atoms with Gasteiger partial charge >= 0.3 is 0 Å². The van der Waals surface area contributed by atoms with Crippen molar-refractivity contribution in [3.8, 4) is 0 Å². The quantitative estimate of drug-likeness (QED) is 0.635. The van der Waals surface area contributed by atoms with Gasteiger partial charge in [-0.25, -0.2) is 0 Å². The molecule has 3 N–H and O–H groups in total. The molecule has 120 valence electrons. The first-order valence-electron chi connectivity index (χ1n) is 7.48. The number of carbonyl (C=O) groups excluding carboxylic acids is 1. The molecule has 0 radical (unpaired) electrons. The maximum Gasteiger partial charge on any atom is 0.292 e. The molecule has 1 atom stereocenters. The summed E-state index contributed by atoms with van der Waals surface area (Å²) in [7, 11) is 0. The Morgan fingerprint density at radius 1 is 1.45 bits per heavy atom. The SMILES string of the molecule is CC(N)C1CCN(CC(=O)Nc2ccccc2[N+](=O)[O-])CC1. The molecule has 7 heteroatoms. The molecule has 1 amide bonds. The topological polar surface area (TPSA) is 102 Å². The zero-order valence-corrected chi connectivity index (χ0v) is 12.7. The lowest BCUT2D eigenvalue weighted by Crippen LogP contribution is -2.42. The number of benzene rings is 1. The zero-order valence-electron chi connectivity index (χ0n) is 12.7. The minimum atomic E-state index is -0.496. The van der Waals surface area contributed by atoms with Gasteiger partial charge in [0, 0.05) is 12.1 Å². The van der Waals surface area contributed by atoms with Crippen LogP contribution >= 0.6 is 0 Å². The average molecular weight is 306 g/mol. The van der Waals surface area contributed by atoms with Crippen LogP contribution in [-0.4, -0.2) is 41.4 Å². The third-order valence-corrected chi connectivity index (χ3v) is 4.12. The number of carbonyl (C=O) groups is 1. The molecule has 1 aliphatic heterocycles. The van der Waals surface area contributed by atoms with Crippen molar-refractivity contribution in [1.82, 2.24) is 4.90 Å². The number of nitrogens with one attached hydrogen (secondary N) is 1. The molecule has 1 aliphatic rings. The number of likely N-dealkylation sites (tertiary alicyclic amines) is 1. The highest BCUT2D eigenvalue weighted by atomic mass is 16.6. The van der Waals surface area contributed by atoms with Crippen LogP contribution in [0.15, 0.2) is 24.3 Å². The van der Waals surface area contributed by atoms with Gasteiger partial charge in [0.2, 0.25) is 5.91 Å². The van der Waals surface area contributed by atoms with Crippen LogP contribution in [0.4, 0.5) is 11.4 Å². The van der Waals surface area contributed by atoms with Crippen LogP contribution in [0.3, 0.4) is 0 Å². The van der Waals surface area contributed by atoms with Crippen molar-refractivity contribution in [2.75, 3.05) is 25.0 Å². The highest BCUT2D eigenvalue weighted by Crippen LogP contribution is 2.23. The summed E-state index contributed by atoms with van der Waals surface area (Å²) in [5.41, 5.74) is 6.05. The van der Waals surface area contributed by atoms with E-state index in [0.29, 0.717) is 5.92 Å². The van der Waals surface area contributed by atoms with Gasteiger partial charge in [0.05, 0.1) is 11.5 Å². The van der Waals surface area contributed by atoms with Crippen LogP contribution in [0.25, 0.3) is 0 Å². The maximum absolute atomic E-state index is 12.1. The van der Waals surface area contributed by atoms with E-state index in [9.17, 15) is 14.9 Å². The monoisotopic (exact) mass is 306 g/mol. The summed E-state index contributed by atoms with van der Waals surface area (Å²) in [6.07, 6.45) is 1.97. The lowest BCUT2D eigenvalue weighted by molar-refractivity contribution is -0.383. The molecule has 0 aromatic heterocycles. The van der Waals surface area contributed by atoms with E-state index in [1.807, 2.05) is 6.92 Å². The maximum atomic E-state index is 12.1. The second-order valence-corrected chi connectivity index (χ2v) is 5.80. The first-order chi connectivity index (χ1) is 10.5. The number of hydrogen-bond donors (Lipinski definition) is 2. The van der Waals surface area contributed by atoms with Crippen LogP contribution in [0.5, 0.6) is 0 Å². The predicted molar refractivity (Wildman–Crippen MR) is 84.5 cm³/mol. The molecule has 0 aliphatic carbocycles. The third kappa shape index (κ3) is 4.25. The summed E-state index contributed by atoms with van der Waals surface area (Å²) >= 11 is 0. The van der Waals surface area contributed by atoms with Gasteiger partial charge in [-0.2, -0.15) is 0 Å². The zero-order chi connectivity index (χ0) is 16.1. The van der Waals surface area contributed by atoms with Gasteiger partial charge in [-0.05, 0) is 44.8 Å². The Labute approximate surface area is 129 Å². The van der Waals surface area contributed by atoms with E-state index in [1.165, 1.54) is 6.07 Å². The van der Waals surface area contributed by atoms with E-state index in [4.69, 9.17) is 5.73 Å². The molecule has 7 nitrogen and oxygen atoms in total. The number of nitro benzene ring substituents is 1. The number of rotatable bonds is 5. The molecule has 0 spiro atoms. The highest BCUT2D eigenvalue weighted by molar-refractivity contribution is 5.94. The lowest BCUT2D eigenvalue weighted by Gasteiger charge is -2.33. The molecule has 0 bridgehead atoms. The number of hydrogen-bond acceptors (Lipinski definition) is 5. The number of nitrogens with two attached hydrogens (primary N) is 1. The molecular weight excluding hydrogens is 284 g/mol. The lowest BCUT2D eigenvalue weighted by atomic mass is 9.91. The van der Waals surface area contributed by atoms with Gasteiger partial charge in [0.1, 0.15) is 5.69 Å². The summed E-state index contributed by atoms with van der Waals surface area (Å²) in [5, 5.41) is 13.6. The number of nitrogens with zero attached hydrogens (tertiary/aromatic N) is 2. The molecule has 1 heterocycles. The normalized spacial score (nSPS) is 17.9. The smallest absolute Gasteiger partial charge is 0.292 e. The number of para-hydroxylation sites is 2. The van der Waals surface area contributed by atoms with Crippen molar-refractivity contribution in [2.45, 2.75) is 25.8 Å². The Morgan fingerprint density at radius 3 is 2.68 bits per heavy atom. The largest absolute Gasteiger partial charge is 0.328 e. The molecule has 1 fully saturated rings. The van der Waals surface area contributed by atoms with Gasteiger partial charge in [-0.3, -0.25) is 19.8 Å². The van der Waals surface area contributed by atoms with E-state index in [0.717, 1.165) is 25.9 Å². The molecule has 1 aromatic carbocycles. The Bertz CT molecular complexity index is 539.